The summed E-state index contributed by atoms with van der Waals surface area (Å²) < 4.78 is 49.6. The minimum absolute atomic E-state index is 0.541. The molecular formula is C31H64O9. The molecule has 9 heteroatoms. The topological polar surface area (TPSA) is 83.1 Å². The largest absolute Gasteiger partial charge is 0.379 e. The van der Waals surface area contributed by atoms with Gasteiger partial charge in [-0.05, 0) is 12.3 Å². The third-order valence-corrected chi connectivity index (χ3v) is 6.22. The van der Waals surface area contributed by atoms with Crippen LogP contribution in [0, 0.1) is 5.92 Å². The van der Waals surface area contributed by atoms with Crippen molar-refractivity contribution < 1.29 is 42.6 Å². The molecule has 1 atom stereocenters. The summed E-state index contributed by atoms with van der Waals surface area (Å²) >= 11 is 0. The van der Waals surface area contributed by atoms with Crippen molar-refractivity contribution in [2.45, 2.75) is 78.6 Å². The molecule has 40 heavy (non-hydrogen) atoms. The number of hydrogen-bond donors (Lipinski definition) is 0. The molecule has 0 bridgehead atoms. The van der Waals surface area contributed by atoms with E-state index in [1.165, 1.54) is 44.9 Å². The lowest BCUT2D eigenvalue weighted by Gasteiger charge is -2.10. The highest BCUT2D eigenvalue weighted by Crippen LogP contribution is 2.08. The molecule has 0 saturated heterocycles. The number of unbranched alkanes of at least 4 members (excludes halogenated alkanes) is 7. The number of hydrogen-bond acceptors (Lipinski definition) is 9. The number of rotatable bonds is 36. The van der Waals surface area contributed by atoms with Crippen LogP contribution in [-0.2, 0) is 42.6 Å². The lowest BCUT2D eigenvalue weighted by atomic mass is 10.1. The smallest absolute Gasteiger partial charge is 0.0701 e. The standard InChI is InChI=1S/C31H64O9/c1-4-6-7-8-9-10-11-12-13-32-14-15-33-16-17-34-18-19-35-20-21-36-22-23-37-24-25-38-26-27-39-28-29-40-30-31(3)5-2/h31H,4-30H2,1-3H3. The fourth-order valence-corrected chi connectivity index (χ4v) is 3.50. The Hall–Kier alpha value is -0.360. The van der Waals surface area contributed by atoms with Gasteiger partial charge in [0.1, 0.15) is 0 Å². The normalized spacial score (nSPS) is 12.4. The van der Waals surface area contributed by atoms with Crippen molar-refractivity contribution in [3.8, 4) is 0 Å². The SMILES string of the molecule is CCCCCCCCCCOCCOCCOCCOCCOCCOCCOCCOCCOCC(C)CC. The molecule has 0 aromatic carbocycles. The molecule has 0 radical (unpaired) electrons. The van der Waals surface area contributed by atoms with E-state index in [1.54, 1.807) is 0 Å². The van der Waals surface area contributed by atoms with Gasteiger partial charge in [-0.15, -0.1) is 0 Å². The van der Waals surface area contributed by atoms with Crippen LogP contribution in [0.3, 0.4) is 0 Å². The average molecular weight is 581 g/mol. The van der Waals surface area contributed by atoms with Gasteiger partial charge in [0.15, 0.2) is 0 Å². The fourth-order valence-electron chi connectivity index (χ4n) is 3.50. The Labute approximate surface area is 246 Å². The predicted molar refractivity (Wildman–Crippen MR) is 159 cm³/mol. The van der Waals surface area contributed by atoms with Crippen LogP contribution in [-0.4, -0.2) is 119 Å². The molecule has 1 unspecified atom stereocenters. The second-order valence-electron chi connectivity index (χ2n) is 9.96. The van der Waals surface area contributed by atoms with Crippen molar-refractivity contribution in [3.63, 3.8) is 0 Å². The summed E-state index contributed by atoms with van der Waals surface area (Å²) in [7, 11) is 0. The molecule has 0 aliphatic rings. The molecular weight excluding hydrogens is 516 g/mol. The Morgan fingerprint density at radius 2 is 0.600 bits per heavy atom. The van der Waals surface area contributed by atoms with Gasteiger partial charge in [0.25, 0.3) is 0 Å². The Balaban J connectivity index is 3.03. The molecule has 0 fully saturated rings. The highest BCUT2D eigenvalue weighted by Gasteiger charge is 1.99. The van der Waals surface area contributed by atoms with Crippen molar-refractivity contribution in [2.24, 2.45) is 5.92 Å². The molecule has 0 N–H and O–H groups in total. The van der Waals surface area contributed by atoms with Crippen LogP contribution in [0.5, 0.6) is 0 Å². The molecule has 0 rings (SSSR count). The maximum atomic E-state index is 5.62. The lowest BCUT2D eigenvalue weighted by molar-refractivity contribution is -0.0255. The Morgan fingerprint density at radius 1 is 0.325 bits per heavy atom. The third-order valence-electron chi connectivity index (χ3n) is 6.22. The molecule has 0 amide bonds. The van der Waals surface area contributed by atoms with Gasteiger partial charge in [0.05, 0.1) is 106 Å². The van der Waals surface area contributed by atoms with E-state index in [1.807, 2.05) is 0 Å². The first-order valence-electron chi connectivity index (χ1n) is 16.0. The van der Waals surface area contributed by atoms with E-state index >= 15 is 0 Å². The average Bonchev–Trinajstić information content (AvgIpc) is 2.97. The predicted octanol–water partition coefficient (Wildman–Crippen LogP) is 5.32. The quantitative estimate of drug-likeness (QED) is 0.0914. The van der Waals surface area contributed by atoms with Crippen molar-refractivity contribution >= 4 is 0 Å². The maximum absolute atomic E-state index is 5.62. The molecule has 0 aromatic heterocycles. The zero-order valence-corrected chi connectivity index (χ0v) is 26.3. The first-order valence-corrected chi connectivity index (χ1v) is 16.0. The van der Waals surface area contributed by atoms with Gasteiger partial charge in [-0.25, -0.2) is 0 Å². The zero-order valence-electron chi connectivity index (χ0n) is 26.3. The Kier molecular flexibility index (Phi) is 36.3. The molecule has 0 aliphatic heterocycles. The van der Waals surface area contributed by atoms with Gasteiger partial charge in [0.2, 0.25) is 0 Å². The van der Waals surface area contributed by atoms with E-state index in [0.29, 0.717) is 112 Å². The Morgan fingerprint density at radius 3 is 0.925 bits per heavy atom. The summed E-state index contributed by atoms with van der Waals surface area (Å²) in [6.45, 7) is 17.4. The van der Waals surface area contributed by atoms with Crippen LogP contribution in [0.25, 0.3) is 0 Å². The highest BCUT2D eigenvalue weighted by atomic mass is 16.6. The first kappa shape index (κ1) is 39.6. The van der Waals surface area contributed by atoms with Crippen molar-refractivity contribution in [3.05, 3.63) is 0 Å². The van der Waals surface area contributed by atoms with Gasteiger partial charge >= 0.3 is 0 Å². The zero-order chi connectivity index (χ0) is 29.0. The van der Waals surface area contributed by atoms with Gasteiger partial charge in [-0.1, -0.05) is 72.1 Å². The van der Waals surface area contributed by atoms with Gasteiger partial charge < -0.3 is 42.6 Å². The van der Waals surface area contributed by atoms with Crippen LogP contribution in [0.15, 0.2) is 0 Å². The summed E-state index contributed by atoms with van der Waals surface area (Å²) in [6, 6.07) is 0. The van der Waals surface area contributed by atoms with Gasteiger partial charge in [-0.2, -0.15) is 0 Å². The Bertz CT molecular complexity index is 443. The van der Waals surface area contributed by atoms with Gasteiger partial charge in [0, 0.05) is 13.2 Å². The second-order valence-corrected chi connectivity index (χ2v) is 9.96. The van der Waals surface area contributed by atoms with E-state index in [2.05, 4.69) is 20.8 Å². The molecule has 0 aromatic rings. The van der Waals surface area contributed by atoms with Crippen LogP contribution in [0.2, 0.25) is 0 Å². The van der Waals surface area contributed by atoms with Crippen molar-refractivity contribution in [1.82, 2.24) is 0 Å². The summed E-state index contributed by atoms with van der Waals surface area (Å²) in [5, 5.41) is 0. The monoisotopic (exact) mass is 580 g/mol. The van der Waals surface area contributed by atoms with Crippen LogP contribution in [0.1, 0.15) is 78.6 Å². The molecule has 242 valence electrons. The fraction of sp³-hybridized carbons (Fsp3) is 1.00. The molecule has 9 nitrogen and oxygen atoms in total. The van der Waals surface area contributed by atoms with Crippen LogP contribution >= 0.6 is 0 Å². The van der Waals surface area contributed by atoms with Gasteiger partial charge in [-0.3, -0.25) is 0 Å². The van der Waals surface area contributed by atoms with E-state index in [9.17, 15) is 0 Å². The summed E-state index contributed by atoms with van der Waals surface area (Å²) in [4.78, 5) is 0. The molecule has 0 heterocycles. The maximum Gasteiger partial charge on any atom is 0.0701 e. The van der Waals surface area contributed by atoms with E-state index in [-0.39, 0.29) is 0 Å². The highest BCUT2D eigenvalue weighted by molar-refractivity contribution is 4.47. The van der Waals surface area contributed by atoms with E-state index in [4.69, 9.17) is 42.6 Å². The molecule has 0 saturated carbocycles. The minimum Gasteiger partial charge on any atom is -0.379 e. The minimum atomic E-state index is 0.541. The summed E-state index contributed by atoms with van der Waals surface area (Å²) in [6.07, 6.45) is 11.7. The van der Waals surface area contributed by atoms with E-state index < -0.39 is 0 Å². The first-order chi connectivity index (χ1) is 19.8. The van der Waals surface area contributed by atoms with Crippen LogP contribution in [0.4, 0.5) is 0 Å². The molecule has 0 spiro atoms. The third kappa shape index (κ3) is 35.7. The van der Waals surface area contributed by atoms with Crippen LogP contribution < -0.4 is 0 Å². The van der Waals surface area contributed by atoms with Crippen molar-refractivity contribution in [2.75, 3.05) is 119 Å². The summed E-state index contributed by atoms with van der Waals surface area (Å²) in [5.74, 6) is 0.605. The number of ether oxygens (including phenoxy) is 9. The van der Waals surface area contributed by atoms with Crippen molar-refractivity contribution in [1.29, 1.82) is 0 Å². The molecule has 0 aliphatic carbocycles. The van der Waals surface area contributed by atoms with E-state index in [0.717, 1.165) is 26.1 Å². The second kappa shape index (κ2) is 36.7. The lowest BCUT2D eigenvalue weighted by Crippen LogP contribution is -2.15. The summed E-state index contributed by atoms with van der Waals surface area (Å²) in [5.41, 5.74) is 0.